The molecule has 89 valence electrons. The van der Waals surface area contributed by atoms with Gasteiger partial charge in [0.1, 0.15) is 0 Å². The molecule has 0 heterocycles. The van der Waals surface area contributed by atoms with Gasteiger partial charge in [0.05, 0.1) is 0 Å². The molecule has 0 unspecified atom stereocenters. The Bertz CT molecular complexity index is 79.8. The molecule has 0 aliphatic rings. The summed E-state index contributed by atoms with van der Waals surface area (Å²) in [6, 6.07) is 0. The molecule has 4 heteroatoms. The second-order valence-electron chi connectivity index (χ2n) is 3.70. The number of rotatable bonds is 7. The van der Waals surface area contributed by atoms with Gasteiger partial charge in [0.2, 0.25) is 0 Å². The molecular formula is C10H27HfO3. The summed E-state index contributed by atoms with van der Waals surface area (Å²) in [4.78, 5) is 0. The molecule has 0 amide bonds. The van der Waals surface area contributed by atoms with Crippen LogP contribution in [0.1, 0.15) is 52.4 Å². The SMILES string of the molecule is CC(C)CCCCCC[CH2][Hf].O.O.O. The Morgan fingerprint density at radius 3 is 1.64 bits per heavy atom. The van der Waals surface area contributed by atoms with Crippen molar-refractivity contribution in [1.29, 1.82) is 0 Å². The fourth-order valence-corrected chi connectivity index (χ4v) is 2.11. The van der Waals surface area contributed by atoms with E-state index in [1.54, 1.807) is 0 Å². The minimum Gasteiger partial charge on any atom is -0.412 e. The summed E-state index contributed by atoms with van der Waals surface area (Å²) in [5, 5.41) is 0. The molecule has 0 aliphatic heterocycles. The maximum Gasteiger partial charge on any atom is -0.412 e. The van der Waals surface area contributed by atoms with Crippen LogP contribution < -0.4 is 0 Å². The zero-order chi connectivity index (χ0) is 8.53. The van der Waals surface area contributed by atoms with Crippen LogP contribution in [0.5, 0.6) is 0 Å². The first-order valence-electron chi connectivity index (χ1n) is 4.92. The van der Waals surface area contributed by atoms with Gasteiger partial charge in [-0.15, -0.1) is 0 Å². The normalized spacial score (nSPS) is 8.43. The van der Waals surface area contributed by atoms with Gasteiger partial charge >= 0.3 is 86.8 Å². The van der Waals surface area contributed by atoms with Gasteiger partial charge in [-0.1, -0.05) is 0 Å². The van der Waals surface area contributed by atoms with Crippen LogP contribution in [0, 0.1) is 5.92 Å². The van der Waals surface area contributed by atoms with Crippen molar-refractivity contribution in [3.8, 4) is 0 Å². The number of hydrogen-bond donors (Lipinski definition) is 0. The van der Waals surface area contributed by atoms with Gasteiger partial charge in [-0.3, -0.25) is 0 Å². The van der Waals surface area contributed by atoms with Crippen LogP contribution in [0.25, 0.3) is 0 Å². The molecule has 0 rings (SSSR count). The maximum absolute atomic E-state index is 2.32. The van der Waals surface area contributed by atoms with Crippen molar-refractivity contribution in [3.05, 3.63) is 0 Å². The minimum atomic E-state index is 0. The van der Waals surface area contributed by atoms with E-state index in [4.69, 9.17) is 0 Å². The van der Waals surface area contributed by atoms with Crippen molar-refractivity contribution in [2.45, 2.75) is 56.5 Å². The molecule has 6 N–H and O–H groups in total. The number of unbranched alkanes of at least 4 members (excludes halogenated alkanes) is 4. The molecule has 0 aromatic rings. The molecule has 0 spiro atoms. The van der Waals surface area contributed by atoms with Crippen molar-refractivity contribution in [2.24, 2.45) is 5.92 Å². The largest absolute Gasteiger partial charge is 0.412 e. The third-order valence-corrected chi connectivity index (χ3v) is 3.23. The van der Waals surface area contributed by atoms with Crippen LogP contribution in [-0.4, -0.2) is 16.4 Å². The van der Waals surface area contributed by atoms with Gasteiger partial charge in [-0.05, 0) is 0 Å². The zero-order valence-corrected chi connectivity index (χ0v) is 13.1. The van der Waals surface area contributed by atoms with E-state index in [-0.39, 0.29) is 16.4 Å². The van der Waals surface area contributed by atoms with Gasteiger partial charge in [-0.2, -0.15) is 0 Å². The van der Waals surface area contributed by atoms with E-state index in [2.05, 4.69) is 13.8 Å². The molecule has 0 radical (unpaired) electrons. The van der Waals surface area contributed by atoms with Crippen LogP contribution in [0.15, 0.2) is 0 Å². The summed E-state index contributed by atoms with van der Waals surface area (Å²) in [5.74, 6) is 0.911. The first-order valence-corrected chi connectivity index (χ1v) is 7.46. The first-order chi connectivity index (χ1) is 5.27. The van der Waals surface area contributed by atoms with E-state index in [0.29, 0.717) is 0 Å². The summed E-state index contributed by atoms with van der Waals surface area (Å²) in [6.07, 6.45) is 8.82. The molecule has 0 saturated carbocycles. The van der Waals surface area contributed by atoms with Crippen molar-refractivity contribution in [3.63, 3.8) is 0 Å². The van der Waals surface area contributed by atoms with Gasteiger partial charge in [0.15, 0.2) is 0 Å². The third-order valence-electron chi connectivity index (χ3n) is 1.96. The van der Waals surface area contributed by atoms with Crippen molar-refractivity contribution >= 4 is 0 Å². The van der Waals surface area contributed by atoms with Crippen LogP contribution in [0.2, 0.25) is 4.18 Å². The fourth-order valence-electron chi connectivity index (χ4n) is 1.21. The van der Waals surface area contributed by atoms with Crippen LogP contribution in [-0.2, 0) is 24.4 Å². The molecular weight excluding hydrogens is 347 g/mol. The molecule has 0 saturated heterocycles. The summed E-state index contributed by atoms with van der Waals surface area (Å²) in [5.41, 5.74) is 0. The standard InChI is InChI=1S/C10H21.Hf.3H2O/c1-4-5-6-7-8-9-10(2)3;;;;/h10H,1,4-9H2,2-3H3;;3*1H2. The molecule has 0 atom stereocenters. The quantitative estimate of drug-likeness (QED) is 0.477. The van der Waals surface area contributed by atoms with E-state index in [0.717, 1.165) is 5.92 Å². The molecule has 3 nitrogen and oxygen atoms in total. The molecule has 0 aromatic heterocycles. The summed E-state index contributed by atoms with van der Waals surface area (Å²) >= 11 is 1.41. The van der Waals surface area contributed by atoms with Crippen molar-refractivity contribution in [1.82, 2.24) is 0 Å². The summed E-state index contributed by atoms with van der Waals surface area (Å²) in [7, 11) is 0. The summed E-state index contributed by atoms with van der Waals surface area (Å²) in [6.45, 7) is 4.63. The third kappa shape index (κ3) is 23.0. The zero-order valence-electron chi connectivity index (χ0n) is 9.53. The average molecular weight is 374 g/mol. The number of hydrogen-bond acceptors (Lipinski definition) is 0. The van der Waals surface area contributed by atoms with E-state index >= 15 is 0 Å². The molecule has 0 bridgehead atoms. The Kier molecular flexibility index (Phi) is 33.3. The van der Waals surface area contributed by atoms with Crippen LogP contribution in [0.3, 0.4) is 0 Å². The topological polar surface area (TPSA) is 94.5 Å². The Morgan fingerprint density at radius 1 is 0.786 bits per heavy atom. The van der Waals surface area contributed by atoms with E-state index in [1.165, 1.54) is 67.1 Å². The Labute approximate surface area is 103 Å². The van der Waals surface area contributed by atoms with Gasteiger partial charge < -0.3 is 16.4 Å². The molecule has 0 aliphatic carbocycles. The Balaban J connectivity index is -0.000000167. The van der Waals surface area contributed by atoms with Crippen molar-refractivity contribution in [2.75, 3.05) is 0 Å². The smallest absolute Gasteiger partial charge is 0.412 e. The van der Waals surface area contributed by atoms with E-state index in [9.17, 15) is 0 Å². The fraction of sp³-hybridized carbons (Fsp3) is 1.00. The van der Waals surface area contributed by atoms with E-state index in [1.807, 2.05) is 0 Å². The monoisotopic (exact) mass is 375 g/mol. The maximum atomic E-state index is 2.32. The van der Waals surface area contributed by atoms with Gasteiger partial charge in [-0.25, -0.2) is 0 Å². The second-order valence-corrected chi connectivity index (χ2v) is 5.50. The van der Waals surface area contributed by atoms with Gasteiger partial charge in [0, 0.05) is 0 Å². The second kappa shape index (κ2) is 19.3. The van der Waals surface area contributed by atoms with Crippen LogP contribution >= 0.6 is 0 Å². The summed E-state index contributed by atoms with van der Waals surface area (Å²) < 4.78 is 1.50. The minimum absolute atomic E-state index is 0. The average Bonchev–Trinajstić information content (AvgIpc) is 1.96. The Morgan fingerprint density at radius 2 is 1.21 bits per heavy atom. The molecule has 0 fully saturated rings. The predicted octanol–water partition coefficient (Wildman–Crippen LogP) is 1.47. The van der Waals surface area contributed by atoms with E-state index < -0.39 is 0 Å². The van der Waals surface area contributed by atoms with Crippen molar-refractivity contribution < 1.29 is 40.8 Å². The molecule has 0 aromatic carbocycles. The Hall–Kier alpha value is 0.750. The van der Waals surface area contributed by atoms with Crippen LogP contribution in [0.4, 0.5) is 0 Å². The molecule has 14 heavy (non-hydrogen) atoms. The first kappa shape index (κ1) is 24.1. The predicted molar refractivity (Wildman–Crippen MR) is 58.2 cm³/mol. The van der Waals surface area contributed by atoms with Gasteiger partial charge in [0.25, 0.3) is 0 Å².